The molecule has 77 heavy (non-hydrogen) atoms. The van der Waals surface area contributed by atoms with E-state index in [1.165, 1.54) is 13.1 Å². The van der Waals surface area contributed by atoms with E-state index in [4.69, 9.17) is 37.9 Å². The predicted octanol–water partition coefficient (Wildman–Crippen LogP) is 5.20. The van der Waals surface area contributed by atoms with Gasteiger partial charge in [-0.3, -0.25) is 9.59 Å². The standard InChI is InChI=1S/C58H93N3O16/c1-16-45-58(11,69)50(64)38(7)60(14)32-34(3)30-56(9,68)51(77-55-48(63)44(59(12)13)28-35(4)73-55)36(5)49(37(6)54(67)75-45)76-46-31-57(10,70-15)52(39(8)74-46)72-27-21-26-71-25-20-18-19-22-40-23-24-43-41(29-40)47(62)42(53(65)66)33-61(43)17-2/h23-24,29,33-39,44-46,48-52,55,63-64,68-69H,16-18,20-21,25-28,30-32H2,1-15H3,(H,65,66)/t34-,35-,36+,37-,38-,39+,44+,45-,46+,48-,49+,50-,51-,52+,55+,56-,57-,58-/m1/s1. The van der Waals surface area contributed by atoms with Gasteiger partial charge in [-0.05, 0) is 133 Å². The smallest absolute Gasteiger partial charge is 0.341 e. The predicted molar refractivity (Wildman–Crippen MR) is 290 cm³/mol. The molecular formula is C58H93N3O16. The van der Waals surface area contributed by atoms with Crippen LogP contribution in [0.4, 0.5) is 0 Å². The van der Waals surface area contributed by atoms with E-state index in [0.29, 0.717) is 75.1 Å². The second kappa shape index (κ2) is 27.7. The second-order valence-electron chi connectivity index (χ2n) is 23.1. The zero-order valence-electron chi connectivity index (χ0n) is 48.5. The Bertz CT molecular complexity index is 2370. The van der Waals surface area contributed by atoms with Crippen molar-refractivity contribution in [3.63, 3.8) is 0 Å². The van der Waals surface area contributed by atoms with Crippen LogP contribution in [0.3, 0.4) is 0 Å². The third-order valence-corrected chi connectivity index (χ3v) is 16.4. The lowest BCUT2D eigenvalue weighted by Gasteiger charge is -2.49. The van der Waals surface area contributed by atoms with E-state index in [1.54, 1.807) is 51.5 Å². The van der Waals surface area contributed by atoms with Gasteiger partial charge in [0.15, 0.2) is 12.6 Å². The maximum absolute atomic E-state index is 14.6. The van der Waals surface area contributed by atoms with Crippen molar-refractivity contribution in [1.82, 2.24) is 14.4 Å². The molecule has 436 valence electrons. The van der Waals surface area contributed by atoms with E-state index in [9.17, 15) is 39.9 Å². The molecular weight excluding hydrogens is 995 g/mol. The van der Waals surface area contributed by atoms with Crippen molar-refractivity contribution in [3.8, 4) is 11.8 Å². The van der Waals surface area contributed by atoms with Crippen LogP contribution in [0.25, 0.3) is 10.9 Å². The van der Waals surface area contributed by atoms with Crippen LogP contribution in [0.2, 0.25) is 0 Å². The van der Waals surface area contributed by atoms with Gasteiger partial charge in [-0.25, -0.2) is 4.79 Å². The molecule has 3 aliphatic heterocycles. The number of carbonyl (C=O) groups is 2. The summed E-state index contributed by atoms with van der Waals surface area (Å²) in [4.78, 5) is 43.0. The molecule has 19 nitrogen and oxygen atoms in total. The molecule has 0 aliphatic carbocycles. The third-order valence-electron chi connectivity index (χ3n) is 16.4. The first kappa shape index (κ1) is 64.2. The third kappa shape index (κ3) is 15.7. The van der Waals surface area contributed by atoms with Gasteiger partial charge in [0.1, 0.15) is 35.6 Å². The molecule has 1 aromatic heterocycles. The van der Waals surface area contributed by atoms with E-state index >= 15 is 0 Å². The van der Waals surface area contributed by atoms with Crippen LogP contribution >= 0.6 is 0 Å². The van der Waals surface area contributed by atoms with Gasteiger partial charge in [0.2, 0.25) is 5.43 Å². The summed E-state index contributed by atoms with van der Waals surface area (Å²) in [5.41, 5.74) is -3.89. The number of pyridine rings is 1. The van der Waals surface area contributed by atoms with Crippen LogP contribution in [-0.2, 0) is 49.2 Å². The minimum absolute atomic E-state index is 0.174. The largest absolute Gasteiger partial charge is 0.477 e. The van der Waals surface area contributed by atoms with Gasteiger partial charge in [0, 0.05) is 88.0 Å². The molecule has 0 bridgehead atoms. The molecule has 0 saturated carbocycles. The number of hydrogen-bond donors (Lipinski definition) is 5. The molecule has 3 saturated heterocycles. The number of ether oxygens (including phenoxy) is 8. The molecule has 3 fully saturated rings. The first-order chi connectivity index (χ1) is 36.1. The van der Waals surface area contributed by atoms with Crippen LogP contribution < -0.4 is 5.43 Å². The number of carboxylic acids is 1. The topological polar surface area (TPSA) is 238 Å². The second-order valence-corrected chi connectivity index (χ2v) is 23.1. The number of methoxy groups -OCH3 is 1. The summed E-state index contributed by atoms with van der Waals surface area (Å²) >= 11 is 0. The number of aromatic carboxylic acids is 1. The first-order valence-electron chi connectivity index (χ1n) is 27.8. The highest BCUT2D eigenvalue weighted by Crippen LogP contribution is 2.41. The SMILES string of the molecule is CC[C@H]1OC(=O)[C@H](C)[C@@H](O[C@H]2C[C@@](C)(OC)[C@@H](OCCCOCCCC#Cc3ccc4c(c3)c(=O)c(C(=O)O)cn4CC)[C@H](C)O2)[C@H](C)[C@@H](O[C@@H]2O[C@H](C)C[C@H](N(C)C)[C@H]2O)[C@](C)(O)C[C@@H](C)CN(C)[C@H](C)[C@@H](O)[C@]1(C)O. The van der Waals surface area contributed by atoms with Crippen molar-refractivity contribution < 1.29 is 73.0 Å². The monoisotopic (exact) mass is 1090 g/mol. The van der Waals surface area contributed by atoms with Crippen LogP contribution in [0.15, 0.2) is 29.2 Å². The zero-order valence-corrected chi connectivity index (χ0v) is 48.5. The van der Waals surface area contributed by atoms with Crippen LogP contribution in [-0.4, -0.2) is 197 Å². The lowest BCUT2D eigenvalue weighted by Crippen LogP contribution is -2.61. The Morgan fingerprint density at radius 1 is 0.935 bits per heavy atom. The molecule has 0 unspecified atom stereocenters. The molecule has 0 radical (unpaired) electrons. The van der Waals surface area contributed by atoms with Gasteiger partial charge in [-0.1, -0.05) is 32.6 Å². The number of likely N-dealkylation sites (N-methyl/N-ethyl adjacent to an activating group) is 2. The number of aliphatic hydroxyl groups excluding tert-OH is 2. The average molecular weight is 1090 g/mol. The van der Waals surface area contributed by atoms with Crippen molar-refractivity contribution in [2.45, 2.75) is 218 Å². The summed E-state index contributed by atoms with van der Waals surface area (Å²) in [6.45, 7) is 22.1. The number of unbranched alkanes of at least 4 members (excludes halogenated alkanes) is 1. The number of aliphatic hydroxyl groups is 4. The Morgan fingerprint density at radius 3 is 2.26 bits per heavy atom. The van der Waals surface area contributed by atoms with Crippen LogP contribution in [0.5, 0.6) is 0 Å². The van der Waals surface area contributed by atoms with E-state index in [2.05, 4.69) is 11.8 Å². The number of hydrogen-bond acceptors (Lipinski definition) is 17. The number of aryl methyl sites for hydroxylation is 1. The highest BCUT2D eigenvalue weighted by Gasteiger charge is 2.53. The number of nitrogens with zero attached hydrogens (tertiary/aromatic N) is 3. The molecule has 2 aromatic rings. The van der Waals surface area contributed by atoms with Crippen LogP contribution in [0, 0.1) is 29.6 Å². The molecule has 4 heterocycles. The maximum Gasteiger partial charge on any atom is 0.341 e. The minimum Gasteiger partial charge on any atom is -0.477 e. The Labute approximate surface area is 456 Å². The Morgan fingerprint density at radius 2 is 1.62 bits per heavy atom. The van der Waals surface area contributed by atoms with Gasteiger partial charge >= 0.3 is 11.9 Å². The fraction of sp³-hybridized carbons (Fsp3) is 0.776. The number of cyclic esters (lactones) is 1. The maximum atomic E-state index is 14.6. The van der Waals surface area contributed by atoms with Gasteiger partial charge in [0.25, 0.3) is 0 Å². The summed E-state index contributed by atoms with van der Waals surface area (Å²) in [6.07, 6.45) is -4.72. The molecule has 5 rings (SSSR count). The molecule has 3 aliphatic rings. The van der Waals surface area contributed by atoms with Crippen molar-refractivity contribution in [2.75, 3.05) is 54.6 Å². The minimum atomic E-state index is -1.84. The lowest BCUT2D eigenvalue weighted by molar-refractivity contribution is -0.320. The van der Waals surface area contributed by atoms with Crippen molar-refractivity contribution in [3.05, 3.63) is 45.7 Å². The number of carboxylic acid groups (broad SMARTS) is 1. The molecule has 1 aromatic carbocycles. The number of esters is 1. The normalized spacial score (nSPS) is 37.1. The average Bonchev–Trinajstić information content (AvgIpc) is 3.37. The lowest BCUT2D eigenvalue weighted by atomic mass is 9.77. The van der Waals surface area contributed by atoms with Gasteiger partial charge < -0.3 is 77.8 Å². The highest BCUT2D eigenvalue weighted by molar-refractivity contribution is 5.93. The van der Waals surface area contributed by atoms with E-state index in [1.807, 2.05) is 78.6 Å². The summed E-state index contributed by atoms with van der Waals surface area (Å²) in [5, 5.41) is 58.0. The summed E-state index contributed by atoms with van der Waals surface area (Å²) in [6, 6.07) is 4.39. The molecule has 19 heteroatoms. The molecule has 5 N–H and O–H groups in total. The first-order valence-corrected chi connectivity index (χ1v) is 27.8. The van der Waals surface area contributed by atoms with Gasteiger partial charge in [-0.2, -0.15) is 0 Å². The Hall–Kier alpha value is -3.59. The highest BCUT2D eigenvalue weighted by atomic mass is 16.7. The number of rotatable bonds is 17. The molecule has 18 atom stereocenters. The number of aromatic nitrogens is 1. The van der Waals surface area contributed by atoms with Crippen molar-refractivity contribution >= 4 is 22.8 Å². The summed E-state index contributed by atoms with van der Waals surface area (Å²) < 4.78 is 53.2. The summed E-state index contributed by atoms with van der Waals surface area (Å²) in [7, 11) is 7.22. The molecule has 0 amide bonds. The van der Waals surface area contributed by atoms with E-state index in [0.717, 1.165) is 0 Å². The van der Waals surface area contributed by atoms with E-state index in [-0.39, 0.29) is 42.9 Å². The van der Waals surface area contributed by atoms with Crippen LogP contribution in [0.1, 0.15) is 137 Å². The van der Waals surface area contributed by atoms with E-state index < -0.39 is 107 Å². The zero-order chi connectivity index (χ0) is 57.3. The Balaban J connectivity index is 1.29. The number of benzene rings is 1. The fourth-order valence-corrected chi connectivity index (χ4v) is 11.8. The van der Waals surface area contributed by atoms with Gasteiger partial charge in [-0.15, -0.1) is 0 Å². The van der Waals surface area contributed by atoms with Gasteiger partial charge in [0.05, 0.1) is 47.1 Å². The van der Waals surface area contributed by atoms with Crippen molar-refractivity contribution in [2.24, 2.45) is 17.8 Å². The van der Waals surface area contributed by atoms with Crippen molar-refractivity contribution in [1.29, 1.82) is 0 Å². The number of carbonyl (C=O) groups excluding carboxylic acids is 1. The number of fused-ring (bicyclic) bond motifs is 1. The fourth-order valence-electron chi connectivity index (χ4n) is 11.8. The quantitative estimate of drug-likeness (QED) is 0.0778. The molecule has 0 spiro atoms. The summed E-state index contributed by atoms with van der Waals surface area (Å²) in [5.74, 6) is 2.25. The Kier molecular flexibility index (Phi) is 23.1.